The predicted octanol–water partition coefficient (Wildman–Crippen LogP) is 4.13. The van der Waals surface area contributed by atoms with Gasteiger partial charge in [-0.25, -0.2) is 4.79 Å². The Balaban J connectivity index is 1.89. The molecule has 1 aromatic carbocycles. The lowest BCUT2D eigenvalue weighted by Crippen LogP contribution is -2.42. The van der Waals surface area contributed by atoms with Gasteiger partial charge in [0, 0.05) is 18.1 Å². The zero-order valence-electron chi connectivity index (χ0n) is 15.4. The van der Waals surface area contributed by atoms with Gasteiger partial charge in [-0.1, -0.05) is 20.8 Å². The van der Waals surface area contributed by atoms with Crippen molar-refractivity contribution in [1.29, 1.82) is 0 Å². The SMILES string of the molecule is COC1C[C@H]2C3=C(CC[C@]2(C)c2cc(O)c(C(C)C)cc21)C(=O)OC3. The van der Waals surface area contributed by atoms with E-state index in [1.54, 1.807) is 7.11 Å². The molecule has 1 N–H and O–H groups in total. The number of esters is 1. The Labute approximate surface area is 148 Å². The Morgan fingerprint density at radius 2 is 2.12 bits per heavy atom. The molecule has 1 aliphatic heterocycles. The summed E-state index contributed by atoms with van der Waals surface area (Å²) in [7, 11) is 1.74. The first-order valence-corrected chi connectivity index (χ1v) is 9.16. The van der Waals surface area contributed by atoms with E-state index < -0.39 is 0 Å². The second-order valence-corrected chi connectivity index (χ2v) is 8.16. The maximum absolute atomic E-state index is 12.0. The van der Waals surface area contributed by atoms with Crippen LogP contribution in [0.4, 0.5) is 0 Å². The largest absolute Gasteiger partial charge is 0.508 e. The topological polar surface area (TPSA) is 55.8 Å². The first kappa shape index (κ1) is 16.6. The third-order valence-corrected chi connectivity index (χ3v) is 6.59. The van der Waals surface area contributed by atoms with Crippen molar-refractivity contribution in [1.82, 2.24) is 0 Å². The van der Waals surface area contributed by atoms with Gasteiger partial charge in [0.2, 0.25) is 0 Å². The molecular formula is C21H26O4. The van der Waals surface area contributed by atoms with E-state index in [2.05, 4.69) is 26.8 Å². The molecule has 0 bridgehead atoms. The molecule has 3 atom stereocenters. The van der Waals surface area contributed by atoms with Crippen LogP contribution < -0.4 is 0 Å². The maximum Gasteiger partial charge on any atom is 0.334 e. The molecule has 25 heavy (non-hydrogen) atoms. The summed E-state index contributed by atoms with van der Waals surface area (Å²) < 4.78 is 11.2. The number of hydrogen-bond acceptors (Lipinski definition) is 4. The fourth-order valence-corrected chi connectivity index (χ4v) is 5.10. The van der Waals surface area contributed by atoms with Crippen LogP contribution in [0, 0.1) is 5.92 Å². The van der Waals surface area contributed by atoms with E-state index in [-0.39, 0.29) is 29.3 Å². The number of carbonyl (C=O) groups is 1. The molecule has 1 aromatic rings. The molecule has 4 heteroatoms. The highest BCUT2D eigenvalue weighted by Crippen LogP contribution is 2.57. The van der Waals surface area contributed by atoms with Gasteiger partial charge in [-0.3, -0.25) is 0 Å². The van der Waals surface area contributed by atoms with Gasteiger partial charge in [0.25, 0.3) is 0 Å². The third-order valence-electron chi connectivity index (χ3n) is 6.59. The fraction of sp³-hybridized carbons (Fsp3) is 0.571. The van der Waals surface area contributed by atoms with Crippen molar-refractivity contribution < 1.29 is 19.4 Å². The minimum atomic E-state index is -0.144. The molecule has 0 spiro atoms. The molecule has 0 saturated carbocycles. The van der Waals surface area contributed by atoms with Gasteiger partial charge < -0.3 is 14.6 Å². The predicted molar refractivity (Wildman–Crippen MR) is 94.6 cm³/mol. The highest BCUT2D eigenvalue weighted by atomic mass is 16.5. The lowest BCUT2D eigenvalue weighted by molar-refractivity contribution is -0.136. The molecule has 0 radical (unpaired) electrons. The number of carbonyl (C=O) groups excluding carboxylic acids is 1. The number of phenolic OH excluding ortho intramolecular Hbond substituents is 1. The van der Waals surface area contributed by atoms with Gasteiger partial charge in [0.1, 0.15) is 12.4 Å². The molecule has 0 amide bonds. The molecule has 2 aliphatic carbocycles. The number of hydrogen-bond donors (Lipinski definition) is 1. The fourth-order valence-electron chi connectivity index (χ4n) is 5.10. The van der Waals surface area contributed by atoms with E-state index >= 15 is 0 Å². The van der Waals surface area contributed by atoms with E-state index in [0.717, 1.165) is 36.0 Å². The van der Waals surface area contributed by atoms with E-state index in [0.29, 0.717) is 12.4 Å². The average Bonchev–Trinajstić information content (AvgIpc) is 2.95. The smallest absolute Gasteiger partial charge is 0.334 e. The van der Waals surface area contributed by atoms with Gasteiger partial charge >= 0.3 is 5.97 Å². The van der Waals surface area contributed by atoms with Crippen molar-refractivity contribution in [3.8, 4) is 5.75 Å². The first-order chi connectivity index (χ1) is 11.9. The summed E-state index contributed by atoms with van der Waals surface area (Å²) in [4.78, 5) is 12.0. The Bertz CT molecular complexity index is 776. The first-order valence-electron chi connectivity index (χ1n) is 9.16. The lowest BCUT2D eigenvalue weighted by atomic mass is 9.56. The number of cyclic esters (lactones) is 1. The number of rotatable bonds is 2. The summed E-state index contributed by atoms with van der Waals surface area (Å²) in [6.45, 7) is 6.87. The van der Waals surface area contributed by atoms with Crippen molar-refractivity contribution in [3.05, 3.63) is 40.0 Å². The van der Waals surface area contributed by atoms with Crippen LogP contribution in [-0.2, 0) is 19.7 Å². The Morgan fingerprint density at radius 1 is 1.36 bits per heavy atom. The molecule has 3 aliphatic rings. The zero-order chi connectivity index (χ0) is 17.9. The number of methoxy groups -OCH3 is 1. The summed E-state index contributed by atoms with van der Waals surface area (Å²) in [6, 6.07) is 4.08. The van der Waals surface area contributed by atoms with Crippen LogP contribution in [0.2, 0.25) is 0 Å². The minimum absolute atomic E-state index is 0.0197. The molecule has 1 unspecified atom stereocenters. The quantitative estimate of drug-likeness (QED) is 0.821. The molecule has 0 saturated heterocycles. The molecule has 134 valence electrons. The molecule has 0 fully saturated rings. The summed E-state index contributed by atoms with van der Waals surface area (Å²) in [5.41, 5.74) is 5.27. The molecule has 0 aromatic heterocycles. The molecular weight excluding hydrogens is 316 g/mol. The zero-order valence-corrected chi connectivity index (χ0v) is 15.4. The van der Waals surface area contributed by atoms with Crippen LogP contribution in [0.15, 0.2) is 23.3 Å². The standard InChI is InChI=1S/C21H26O4/c1-11(2)13-7-14-16(8-18(13)22)21(3)6-5-12-15(10-25-20(12)23)17(21)9-19(14)24-4/h7-8,11,17,19,22H,5-6,9-10H2,1-4H3/t17-,19?,21+/m0/s1. The van der Waals surface area contributed by atoms with E-state index in [1.165, 1.54) is 11.1 Å². The summed E-state index contributed by atoms with van der Waals surface area (Å²) in [6.07, 6.45) is 2.49. The Kier molecular flexibility index (Phi) is 3.73. The van der Waals surface area contributed by atoms with Crippen molar-refractivity contribution in [3.63, 3.8) is 0 Å². The Morgan fingerprint density at radius 3 is 2.80 bits per heavy atom. The average molecular weight is 342 g/mol. The maximum atomic E-state index is 12.0. The van der Waals surface area contributed by atoms with Crippen LogP contribution in [0.5, 0.6) is 5.75 Å². The second kappa shape index (κ2) is 5.60. The van der Waals surface area contributed by atoms with Gasteiger partial charge in [0.05, 0.1) is 6.10 Å². The monoisotopic (exact) mass is 342 g/mol. The third kappa shape index (κ3) is 2.27. The van der Waals surface area contributed by atoms with Crippen LogP contribution in [0.3, 0.4) is 0 Å². The number of aromatic hydroxyl groups is 1. The van der Waals surface area contributed by atoms with Gasteiger partial charge in [-0.2, -0.15) is 0 Å². The summed E-state index contributed by atoms with van der Waals surface area (Å²) in [5.74, 6) is 0.707. The lowest BCUT2D eigenvalue weighted by Gasteiger charge is -2.48. The molecule has 4 nitrogen and oxygen atoms in total. The normalized spacial score (nSPS) is 30.8. The van der Waals surface area contributed by atoms with Crippen LogP contribution in [0.1, 0.15) is 68.7 Å². The summed E-state index contributed by atoms with van der Waals surface area (Å²) in [5, 5.41) is 10.6. The van der Waals surface area contributed by atoms with Crippen LogP contribution in [0.25, 0.3) is 0 Å². The highest BCUT2D eigenvalue weighted by Gasteiger charge is 2.51. The van der Waals surface area contributed by atoms with E-state index in [1.807, 2.05) is 6.07 Å². The van der Waals surface area contributed by atoms with E-state index in [9.17, 15) is 9.90 Å². The summed E-state index contributed by atoms with van der Waals surface area (Å²) >= 11 is 0. The van der Waals surface area contributed by atoms with Crippen molar-refractivity contribution in [2.75, 3.05) is 13.7 Å². The molecule has 1 heterocycles. The van der Waals surface area contributed by atoms with Gasteiger partial charge in [-0.05, 0) is 65.5 Å². The van der Waals surface area contributed by atoms with Gasteiger partial charge in [0.15, 0.2) is 0 Å². The van der Waals surface area contributed by atoms with Crippen LogP contribution >= 0.6 is 0 Å². The van der Waals surface area contributed by atoms with Crippen LogP contribution in [-0.4, -0.2) is 24.8 Å². The molecule has 4 rings (SSSR count). The van der Waals surface area contributed by atoms with Crippen molar-refractivity contribution in [2.24, 2.45) is 5.92 Å². The highest BCUT2D eigenvalue weighted by molar-refractivity contribution is 5.92. The Hall–Kier alpha value is -1.81. The number of phenols is 1. The number of ether oxygens (including phenoxy) is 2. The van der Waals surface area contributed by atoms with Crippen molar-refractivity contribution >= 4 is 5.97 Å². The van der Waals surface area contributed by atoms with Gasteiger partial charge in [-0.15, -0.1) is 0 Å². The van der Waals surface area contributed by atoms with Crippen molar-refractivity contribution in [2.45, 2.75) is 57.5 Å². The minimum Gasteiger partial charge on any atom is -0.508 e. The second-order valence-electron chi connectivity index (χ2n) is 8.16. The number of fused-ring (bicyclic) bond motifs is 4. The van der Waals surface area contributed by atoms with E-state index in [4.69, 9.17) is 9.47 Å². The number of benzene rings is 1.